The van der Waals surface area contributed by atoms with Gasteiger partial charge in [0.05, 0.1) is 0 Å². The van der Waals surface area contributed by atoms with E-state index in [2.05, 4.69) is 31.4 Å². The Hall–Kier alpha value is -1.28. The van der Waals surface area contributed by atoms with Crippen LogP contribution in [0.5, 0.6) is 0 Å². The molecule has 0 spiro atoms. The quantitative estimate of drug-likeness (QED) is 0.588. The zero-order valence-electron chi connectivity index (χ0n) is 7.50. The summed E-state index contributed by atoms with van der Waals surface area (Å²) in [6, 6.07) is 0. The van der Waals surface area contributed by atoms with Crippen LogP contribution in [0.2, 0.25) is 0 Å². The van der Waals surface area contributed by atoms with Crippen LogP contribution < -0.4 is 11.9 Å². The molecule has 0 radical (unpaired) electrons. The van der Waals surface area contributed by atoms with Gasteiger partial charge in [-0.1, -0.05) is 18.2 Å². The lowest BCUT2D eigenvalue weighted by molar-refractivity contribution is 1.02. The van der Waals surface area contributed by atoms with Gasteiger partial charge in [0.2, 0.25) is 0 Å². The third-order valence-electron chi connectivity index (χ3n) is 1.31. The van der Waals surface area contributed by atoms with Crippen LogP contribution in [0.15, 0.2) is 49.2 Å². The van der Waals surface area contributed by atoms with Gasteiger partial charge < -0.3 is 11.9 Å². The molecule has 0 fully saturated rings. The maximum Gasteiger partial charge on any atom is -0.00565 e. The molecule has 1 rings (SSSR count). The van der Waals surface area contributed by atoms with Crippen LogP contribution in [0, 0.1) is 0 Å². The topological polar surface area (TPSA) is 61.0 Å². The van der Waals surface area contributed by atoms with Crippen molar-refractivity contribution in [2.75, 3.05) is 0 Å². The van der Waals surface area contributed by atoms with Crippen molar-refractivity contribution in [3.8, 4) is 0 Å². The molecule has 0 saturated heterocycles. The van der Waals surface area contributed by atoms with E-state index in [0.29, 0.717) is 0 Å². The summed E-state index contributed by atoms with van der Waals surface area (Å²) in [5.74, 6) is 0. The molecule has 68 valence electrons. The molecule has 0 bridgehead atoms. The Morgan fingerprint density at radius 3 is 2.42 bits per heavy atom. The maximum atomic E-state index is 5.20. The molecular formula is C10H18N2. The average Bonchev–Trinajstić information content (AvgIpc) is 2.11. The van der Waals surface area contributed by atoms with Crippen molar-refractivity contribution in [1.82, 2.24) is 6.15 Å². The molecule has 0 amide bonds. The van der Waals surface area contributed by atoms with Crippen molar-refractivity contribution < 1.29 is 0 Å². The van der Waals surface area contributed by atoms with Gasteiger partial charge in [-0.15, -0.1) is 13.2 Å². The summed E-state index contributed by atoms with van der Waals surface area (Å²) in [7, 11) is 0. The van der Waals surface area contributed by atoms with E-state index in [0.717, 1.165) is 6.42 Å². The minimum Gasteiger partial charge on any atom is -0.405 e. The fourth-order valence-electron chi connectivity index (χ4n) is 0.868. The Labute approximate surface area is 74.7 Å². The Morgan fingerprint density at radius 2 is 2.00 bits per heavy atom. The summed E-state index contributed by atoms with van der Waals surface area (Å²) in [6.45, 7) is 6.00. The minimum absolute atomic E-state index is 0. The SMILES string of the molecule is C=C.N.N/C=C/C1=CCCC=C1. The van der Waals surface area contributed by atoms with Crippen molar-refractivity contribution in [2.24, 2.45) is 5.73 Å². The monoisotopic (exact) mass is 166 g/mol. The molecule has 2 nitrogen and oxygen atoms in total. The van der Waals surface area contributed by atoms with Crippen molar-refractivity contribution in [3.05, 3.63) is 49.2 Å². The van der Waals surface area contributed by atoms with Gasteiger partial charge in [-0.05, 0) is 30.7 Å². The fourth-order valence-corrected chi connectivity index (χ4v) is 0.868. The van der Waals surface area contributed by atoms with Crippen LogP contribution in [0.1, 0.15) is 12.8 Å². The Kier molecular flexibility index (Phi) is 10.8. The Morgan fingerprint density at radius 1 is 1.33 bits per heavy atom. The largest absolute Gasteiger partial charge is 0.405 e. The van der Waals surface area contributed by atoms with Crippen molar-refractivity contribution in [1.29, 1.82) is 0 Å². The Balaban J connectivity index is 0. The van der Waals surface area contributed by atoms with Crippen LogP contribution in [0.3, 0.4) is 0 Å². The second kappa shape index (κ2) is 9.72. The van der Waals surface area contributed by atoms with Crippen molar-refractivity contribution >= 4 is 0 Å². The average molecular weight is 166 g/mol. The van der Waals surface area contributed by atoms with Crippen molar-refractivity contribution in [2.45, 2.75) is 12.8 Å². The Bertz CT molecular complexity index is 174. The zero-order chi connectivity index (χ0) is 8.53. The molecule has 1 aliphatic carbocycles. The van der Waals surface area contributed by atoms with Crippen molar-refractivity contribution in [3.63, 3.8) is 0 Å². The van der Waals surface area contributed by atoms with Crippen LogP contribution in [0.4, 0.5) is 0 Å². The normalized spacial score (nSPS) is 14.2. The lowest BCUT2D eigenvalue weighted by Gasteiger charge is -1.98. The first-order valence-corrected chi connectivity index (χ1v) is 3.68. The van der Waals surface area contributed by atoms with E-state index in [4.69, 9.17) is 5.73 Å². The lowest BCUT2D eigenvalue weighted by Crippen LogP contribution is -1.82. The summed E-state index contributed by atoms with van der Waals surface area (Å²) >= 11 is 0. The summed E-state index contributed by atoms with van der Waals surface area (Å²) < 4.78 is 0. The van der Waals surface area contributed by atoms with E-state index in [9.17, 15) is 0 Å². The highest BCUT2D eigenvalue weighted by Crippen LogP contribution is 2.09. The third kappa shape index (κ3) is 5.50. The zero-order valence-corrected chi connectivity index (χ0v) is 7.50. The molecule has 5 N–H and O–H groups in total. The maximum absolute atomic E-state index is 5.20. The molecular weight excluding hydrogens is 148 g/mol. The van der Waals surface area contributed by atoms with Gasteiger partial charge in [0.15, 0.2) is 0 Å². The van der Waals surface area contributed by atoms with Crippen LogP contribution in [-0.2, 0) is 0 Å². The number of rotatable bonds is 1. The highest BCUT2D eigenvalue weighted by atomic mass is 14.5. The van der Waals surface area contributed by atoms with Gasteiger partial charge in [0.25, 0.3) is 0 Å². The predicted octanol–water partition coefficient (Wildman–Crippen LogP) is 2.70. The molecule has 0 aromatic heterocycles. The van der Waals surface area contributed by atoms with E-state index in [1.165, 1.54) is 12.0 Å². The highest BCUT2D eigenvalue weighted by Gasteiger charge is 1.89. The summed E-state index contributed by atoms with van der Waals surface area (Å²) in [4.78, 5) is 0. The molecule has 0 atom stereocenters. The molecule has 0 aromatic carbocycles. The first-order chi connectivity index (χ1) is 5.43. The molecule has 12 heavy (non-hydrogen) atoms. The molecule has 0 unspecified atom stereocenters. The van der Waals surface area contributed by atoms with E-state index < -0.39 is 0 Å². The second-order valence-electron chi connectivity index (χ2n) is 2.04. The fraction of sp³-hybridized carbons (Fsp3) is 0.200. The predicted molar refractivity (Wildman–Crippen MR) is 56.1 cm³/mol. The van der Waals surface area contributed by atoms with Crippen LogP contribution in [0.25, 0.3) is 0 Å². The number of allylic oxidation sites excluding steroid dienone is 5. The highest BCUT2D eigenvalue weighted by molar-refractivity contribution is 5.32. The first kappa shape index (κ1) is 13.3. The number of nitrogens with two attached hydrogens (primary N) is 1. The summed E-state index contributed by atoms with van der Waals surface area (Å²) in [5, 5.41) is 0. The number of hydrogen-bond acceptors (Lipinski definition) is 2. The second-order valence-corrected chi connectivity index (χ2v) is 2.04. The molecule has 0 aromatic rings. The van der Waals surface area contributed by atoms with Gasteiger partial charge in [0.1, 0.15) is 0 Å². The standard InChI is InChI=1S/C8H11N.C2H4.H3N/c9-7-6-8-4-2-1-3-5-8;1-2;/h2,4-7H,1,3,9H2;1-2H2;1H3/b7-6+;;. The molecule has 0 heterocycles. The molecule has 1 aliphatic rings. The van der Waals surface area contributed by atoms with E-state index >= 15 is 0 Å². The lowest BCUT2D eigenvalue weighted by atomic mass is 10.1. The van der Waals surface area contributed by atoms with Gasteiger partial charge in [-0.2, -0.15) is 0 Å². The van der Waals surface area contributed by atoms with Gasteiger partial charge in [-0.25, -0.2) is 0 Å². The van der Waals surface area contributed by atoms with Crippen LogP contribution in [-0.4, -0.2) is 0 Å². The summed E-state index contributed by atoms with van der Waals surface area (Å²) in [6.07, 6.45) is 12.2. The van der Waals surface area contributed by atoms with Gasteiger partial charge in [-0.3, -0.25) is 0 Å². The smallest absolute Gasteiger partial charge is 0.00565 e. The minimum atomic E-state index is 0. The first-order valence-electron chi connectivity index (χ1n) is 3.68. The van der Waals surface area contributed by atoms with E-state index in [1.807, 2.05) is 6.08 Å². The number of hydrogen-bond donors (Lipinski definition) is 2. The van der Waals surface area contributed by atoms with Gasteiger partial charge >= 0.3 is 0 Å². The van der Waals surface area contributed by atoms with Crippen LogP contribution >= 0.6 is 0 Å². The van der Waals surface area contributed by atoms with E-state index in [1.54, 1.807) is 6.20 Å². The third-order valence-corrected chi connectivity index (χ3v) is 1.31. The molecule has 0 aliphatic heterocycles. The summed E-state index contributed by atoms with van der Waals surface area (Å²) in [5.41, 5.74) is 6.43. The molecule has 2 heteroatoms. The van der Waals surface area contributed by atoms with E-state index in [-0.39, 0.29) is 6.15 Å². The molecule has 0 saturated carbocycles. The van der Waals surface area contributed by atoms with Gasteiger partial charge in [0, 0.05) is 0 Å².